The van der Waals surface area contributed by atoms with E-state index in [1.54, 1.807) is 23.1 Å². The van der Waals surface area contributed by atoms with Crippen LogP contribution in [0.1, 0.15) is 57.1 Å². The van der Waals surface area contributed by atoms with Gasteiger partial charge in [-0.2, -0.15) is 13.2 Å². The summed E-state index contributed by atoms with van der Waals surface area (Å²) in [6.07, 6.45) is 1.68. The predicted molar refractivity (Wildman–Crippen MR) is 160 cm³/mol. The van der Waals surface area contributed by atoms with Gasteiger partial charge in [-0.3, -0.25) is 4.79 Å². The molecular formula is C32H43F3N4O4. The molecule has 0 aromatic heterocycles. The first-order valence-electron chi connectivity index (χ1n) is 15.1. The molecule has 0 bridgehead atoms. The number of aliphatic hydroxyl groups is 1. The Labute approximate surface area is 251 Å². The van der Waals surface area contributed by atoms with Crippen molar-refractivity contribution in [1.29, 1.82) is 0 Å². The molecule has 1 fully saturated rings. The minimum Gasteiger partial charge on any atom is -0.488 e. The summed E-state index contributed by atoms with van der Waals surface area (Å²) in [5, 5.41) is 15.1. The zero-order chi connectivity index (χ0) is 31.1. The molecule has 1 aliphatic heterocycles. The lowest BCUT2D eigenvalue weighted by molar-refractivity contribution is -0.137. The first kappa shape index (κ1) is 32.6. The minimum absolute atomic E-state index is 0.00924. The maximum atomic E-state index is 13.5. The zero-order valence-corrected chi connectivity index (χ0v) is 25.1. The van der Waals surface area contributed by atoms with Crippen molar-refractivity contribution in [3.8, 4) is 5.75 Å². The summed E-state index contributed by atoms with van der Waals surface area (Å²) in [6, 6.07) is 8.25. The molecule has 0 spiro atoms. The number of benzene rings is 2. The fourth-order valence-corrected chi connectivity index (χ4v) is 5.95. The molecule has 0 radical (unpaired) electrons. The van der Waals surface area contributed by atoms with Gasteiger partial charge in [-0.05, 0) is 75.2 Å². The van der Waals surface area contributed by atoms with Gasteiger partial charge in [-0.25, -0.2) is 4.79 Å². The number of likely N-dealkylation sites (N-methyl/N-ethyl adjacent to an activating group) is 1. The molecule has 4 rings (SSSR count). The number of urea groups is 1. The maximum absolute atomic E-state index is 13.5. The Morgan fingerprint density at radius 2 is 1.72 bits per heavy atom. The third-order valence-electron chi connectivity index (χ3n) is 8.43. The number of amides is 3. The van der Waals surface area contributed by atoms with Gasteiger partial charge in [0.1, 0.15) is 11.9 Å². The van der Waals surface area contributed by atoms with Crippen LogP contribution in [0.4, 0.5) is 29.3 Å². The molecule has 2 aromatic rings. The van der Waals surface area contributed by atoms with Crippen LogP contribution in [-0.4, -0.2) is 72.3 Å². The van der Waals surface area contributed by atoms with Crippen molar-refractivity contribution < 1.29 is 32.6 Å². The van der Waals surface area contributed by atoms with Crippen LogP contribution in [0.3, 0.4) is 0 Å². The zero-order valence-electron chi connectivity index (χ0n) is 25.1. The van der Waals surface area contributed by atoms with Crippen LogP contribution in [0, 0.1) is 11.8 Å². The van der Waals surface area contributed by atoms with Gasteiger partial charge in [0, 0.05) is 42.5 Å². The van der Waals surface area contributed by atoms with Gasteiger partial charge in [0.2, 0.25) is 5.91 Å². The summed E-state index contributed by atoms with van der Waals surface area (Å²) < 4.78 is 45.2. The topological polar surface area (TPSA) is 94.1 Å². The van der Waals surface area contributed by atoms with Gasteiger partial charge in [-0.15, -0.1) is 0 Å². The van der Waals surface area contributed by atoms with E-state index in [4.69, 9.17) is 4.74 Å². The van der Waals surface area contributed by atoms with Crippen LogP contribution in [0.5, 0.6) is 5.75 Å². The van der Waals surface area contributed by atoms with Crippen molar-refractivity contribution in [2.24, 2.45) is 11.8 Å². The SMILES string of the molecule is C[C@H]1CN([C@@H](C)CO)C(=O)Cc2cc(NC(=O)Nc3ccc(C(F)(F)F)cc3)ccc2O[C@@H]1CN(C)CC1CCCCC1. The van der Waals surface area contributed by atoms with Crippen LogP contribution in [0.25, 0.3) is 0 Å². The summed E-state index contributed by atoms with van der Waals surface area (Å²) in [5.41, 5.74) is 0.397. The van der Waals surface area contributed by atoms with E-state index in [0.29, 0.717) is 36.0 Å². The first-order chi connectivity index (χ1) is 20.4. The Hall–Kier alpha value is -3.31. The average Bonchev–Trinajstić information content (AvgIpc) is 3.00. The third-order valence-corrected chi connectivity index (χ3v) is 8.43. The molecule has 2 aromatic carbocycles. The molecule has 1 aliphatic carbocycles. The number of carbonyl (C=O) groups excluding carboxylic acids is 2. The highest BCUT2D eigenvalue weighted by Crippen LogP contribution is 2.31. The number of hydrogen-bond donors (Lipinski definition) is 3. The fourth-order valence-electron chi connectivity index (χ4n) is 5.95. The Morgan fingerprint density at radius 1 is 1.07 bits per heavy atom. The van der Waals surface area contributed by atoms with Crippen LogP contribution in [-0.2, 0) is 17.4 Å². The summed E-state index contributed by atoms with van der Waals surface area (Å²) in [5.74, 6) is 1.07. The third kappa shape index (κ3) is 9.09. The van der Waals surface area contributed by atoms with Crippen molar-refractivity contribution >= 4 is 23.3 Å². The van der Waals surface area contributed by atoms with Crippen LogP contribution in [0.15, 0.2) is 42.5 Å². The summed E-state index contributed by atoms with van der Waals surface area (Å²) >= 11 is 0. The fraction of sp³-hybridized carbons (Fsp3) is 0.562. The number of rotatable bonds is 8. The molecule has 0 unspecified atom stereocenters. The molecule has 236 valence electrons. The smallest absolute Gasteiger partial charge is 0.416 e. The highest BCUT2D eigenvalue weighted by molar-refractivity contribution is 6.00. The lowest BCUT2D eigenvalue weighted by Gasteiger charge is -2.35. The highest BCUT2D eigenvalue weighted by atomic mass is 19.4. The van der Waals surface area contributed by atoms with Gasteiger partial charge in [0.05, 0.1) is 24.6 Å². The van der Waals surface area contributed by atoms with E-state index >= 15 is 0 Å². The number of ether oxygens (including phenoxy) is 1. The van der Waals surface area contributed by atoms with Crippen molar-refractivity contribution in [2.75, 3.05) is 43.9 Å². The number of aliphatic hydroxyl groups excluding tert-OH is 1. The van der Waals surface area contributed by atoms with Crippen LogP contribution < -0.4 is 15.4 Å². The van der Waals surface area contributed by atoms with E-state index in [0.717, 1.165) is 18.7 Å². The molecule has 2 aliphatic rings. The number of alkyl halides is 3. The summed E-state index contributed by atoms with van der Waals surface area (Å²) in [7, 11) is 2.11. The first-order valence-corrected chi connectivity index (χ1v) is 15.1. The second-order valence-electron chi connectivity index (χ2n) is 12.1. The molecule has 8 nitrogen and oxygen atoms in total. The molecule has 3 N–H and O–H groups in total. The quantitative estimate of drug-likeness (QED) is 0.343. The number of nitrogens with zero attached hydrogens (tertiary/aromatic N) is 2. The van der Waals surface area contributed by atoms with E-state index in [1.807, 2.05) is 6.92 Å². The lowest BCUT2D eigenvalue weighted by atomic mass is 9.89. The van der Waals surface area contributed by atoms with Crippen molar-refractivity contribution in [3.05, 3.63) is 53.6 Å². The molecule has 3 amide bonds. The van der Waals surface area contributed by atoms with Gasteiger partial charge >= 0.3 is 12.2 Å². The Bertz CT molecular complexity index is 1230. The van der Waals surface area contributed by atoms with Crippen LogP contribution in [0.2, 0.25) is 0 Å². The van der Waals surface area contributed by atoms with Crippen molar-refractivity contribution in [2.45, 2.75) is 70.7 Å². The molecule has 3 atom stereocenters. The van der Waals surface area contributed by atoms with Gasteiger partial charge in [0.25, 0.3) is 0 Å². The normalized spacial score (nSPS) is 20.8. The minimum atomic E-state index is -4.47. The second-order valence-corrected chi connectivity index (χ2v) is 12.1. The number of carbonyl (C=O) groups is 2. The van der Waals surface area contributed by atoms with E-state index in [9.17, 15) is 27.9 Å². The van der Waals surface area contributed by atoms with Gasteiger partial charge in [-0.1, -0.05) is 26.2 Å². The largest absolute Gasteiger partial charge is 0.488 e. The summed E-state index contributed by atoms with van der Waals surface area (Å²) in [4.78, 5) is 30.1. The Morgan fingerprint density at radius 3 is 2.37 bits per heavy atom. The molecule has 1 heterocycles. The molecule has 43 heavy (non-hydrogen) atoms. The monoisotopic (exact) mass is 604 g/mol. The average molecular weight is 605 g/mol. The van der Waals surface area contributed by atoms with E-state index in [-0.39, 0.29) is 42.7 Å². The van der Waals surface area contributed by atoms with E-state index < -0.39 is 17.8 Å². The van der Waals surface area contributed by atoms with Gasteiger partial charge in [0.15, 0.2) is 0 Å². The number of nitrogens with one attached hydrogen (secondary N) is 2. The van der Waals surface area contributed by atoms with Gasteiger partial charge < -0.3 is 30.3 Å². The highest BCUT2D eigenvalue weighted by Gasteiger charge is 2.32. The molecule has 11 heteroatoms. The number of fused-ring (bicyclic) bond motifs is 1. The maximum Gasteiger partial charge on any atom is 0.416 e. The van der Waals surface area contributed by atoms with Crippen molar-refractivity contribution in [1.82, 2.24) is 9.80 Å². The summed E-state index contributed by atoms with van der Waals surface area (Å²) in [6.45, 7) is 5.84. The molecule has 0 saturated heterocycles. The van der Waals surface area contributed by atoms with E-state index in [1.165, 1.54) is 44.2 Å². The molecule has 1 saturated carbocycles. The molecular weight excluding hydrogens is 561 g/mol. The van der Waals surface area contributed by atoms with E-state index in [2.05, 4.69) is 29.5 Å². The van der Waals surface area contributed by atoms with Crippen LogP contribution >= 0.6 is 0 Å². The number of halogens is 3. The number of hydrogen-bond acceptors (Lipinski definition) is 5. The standard InChI is InChI=1S/C32H43F3N4O4/c1-21-17-39(22(2)20-40)30(41)16-24-15-27(37-31(42)36-26-11-9-25(10-12-26)32(33,34)35)13-14-28(24)43-29(21)19-38(3)18-23-7-5-4-6-8-23/h9-15,21-23,29,40H,4-8,16-20H2,1-3H3,(H2,36,37,42)/t21-,22-,29+/m0/s1. The Kier molecular flexibility index (Phi) is 10.9. The lowest BCUT2D eigenvalue weighted by Crippen LogP contribution is -2.48. The Balaban J connectivity index is 1.51. The predicted octanol–water partition coefficient (Wildman–Crippen LogP) is 6.01. The second kappa shape index (κ2) is 14.4. The van der Waals surface area contributed by atoms with Crippen molar-refractivity contribution in [3.63, 3.8) is 0 Å². The number of anilines is 2.